The molecule has 0 rings (SSSR count). The first-order chi connectivity index (χ1) is 6.16. The molecule has 0 aliphatic rings. The Labute approximate surface area is 82.5 Å². The summed E-state index contributed by atoms with van der Waals surface area (Å²) in [6.07, 6.45) is 7.40. The molecule has 0 bridgehead atoms. The second-order valence-electron chi connectivity index (χ2n) is 4.33. The Morgan fingerprint density at radius 1 is 1.00 bits per heavy atom. The molecule has 0 fully saturated rings. The molecule has 0 aliphatic carbocycles. The Balaban J connectivity index is 2.99. The molecule has 0 aliphatic heterocycles. The van der Waals surface area contributed by atoms with Crippen molar-refractivity contribution in [1.82, 2.24) is 0 Å². The van der Waals surface area contributed by atoms with Gasteiger partial charge in [0.1, 0.15) is 0 Å². The quantitative estimate of drug-likeness (QED) is 0.573. The lowest BCUT2D eigenvalue weighted by Gasteiger charge is -2.07. The standard InChI is InChI=1S/C11H25NO/c1-10(2)7-5-3-4-6-8-11(12)9-13/h10-11,13H,3-9,12H2,1-2H3. The summed E-state index contributed by atoms with van der Waals surface area (Å²) in [6, 6.07) is 0.00472. The predicted molar refractivity (Wildman–Crippen MR) is 57.6 cm³/mol. The average molecular weight is 187 g/mol. The first-order valence-corrected chi connectivity index (χ1v) is 5.53. The molecule has 0 saturated heterocycles. The van der Waals surface area contributed by atoms with Crippen LogP contribution in [0.1, 0.15) is 52.4 Å². The molecule has 2 heteroatoms. The van der Waals surface area contributed by atoms with E-state index in [4.69, 9.17) is 10.8 Å². The van der Waals surface area contributed by atoms with E-state index >= 15 is 0 Å². The van der Waals surface area contributed by atoms with Crippen molar-refractivity contribution < 1.29 is 5.11 Å². The Morgan fingerprint density at radius 2 is 1.54 bits per heavy atom. The van der Waals surface area contributed by atoms with Crippen LogP contribution in [0, 0.1) is 5.92 Å². The molecular weight excluding hydrogens is 162 g/mol. The van der Waals surface area contributed by atoms with Crippen LogP contribution in [-0.2, 0) is 0 Å². The molecule has 0 aromatic rings. The first-order valence-electron chi connectivity index (χ1n) is 5.53. The van der Waals surface area contributed by atoms with E-state index in [0.29, 0.717) is 0 Å². The Hall–Kier alpha value is -0.0800. The van der Waals surface area contributed by atoms with Gasteiger partial charge in [-0.2, -0.15) is 0 Å². The van der Waals surface area contributed by atoms with Crippen molar-refractivity contribution in [3.8, 4) is 0 Å². The number of nitrogens with two attached hydrogens (primary N) is 1. The largest absolute Gasteiger partial charge is 0.395 e. The summed E-state index contributed by atoms with van der Waals surface area (Å²) in [5, 5.41) is 8.69. The van der Waals surface area contributed by atoms with Crippen LogP contribution in [0.4, 0.5) is 0 Å². The van der Waals surface area contributed by atoms with Crippen molar-refractivity contribution in [3.63, 3.8) is 0 Å². The predicted octanol–water partition coefficient (Wildman–Crippen LogP) is 2.30. The van der Waals surface area contributed by atoms with Gasteiger partial charge < -0.3 is 10.8 Å². The van der Waals surface area contributed by atoms with Gasteiger partial charge in [0.2, 0.25) is 0 Å². The zero-order valence-corrected chi connectivity index (χ0v) is 9.13. The fraction of sp³-hybridized carbons (Fsp3) is 1.00. The summed E-state index contributed by atoms with van der Waals surface area (Å²) in [5.41, 5.74) is 5.59. The van der Waals surface area contributed by atoms with Gasteiger partial charge in [0.05, 0.1) is 6.61 Å². The van der Waals surface area contributed by atoms with Gasteiger partial charge in [0.15, 0.2) is 0 Å². The summed E-state index contributed by atoms with van der Waals surface area (Å²) in [4.78, 5) is 0. The van der Waals surface area contributed by atoms with Crippen molar-refractivity contribution in [2.45, 2.75) is 58.4 Å². The lowest BCUT2D eigenvalue weighted by molar-refractivity contribution is 0.257. The molecule has 0 heterocycles. The van der Waals surface area contributed by atoms with E-state index in [1.165, 1.54) is 32.1 Å². The van der Waals surface area contributed by atoms with Gasteiger partial charge in [-0.1, -0.05) is 46.0 Å². The SMILES string of the molecule is CC(C)CCCCCCC(N)CO. The number of aliphatic hydroxyl groups is 1. The smallest absolute Gasteiger partial charge is 0.0582 e. The third-order valence-electron chi connectivity index (χ3n) is 2.34. The van der Waals surface area contributed by atoms with Crippen molar-refractivity contribution in [3.05, 3.63) is 0 Å². The zero-order valence-electron chi connectivity index (χ0n) is 9.13. The highest BCUT2D eigenvalue weighted by atomic mass is 16.3. The molecule has 80 valence electrons. The Morgan fingerprint density at radius 3 is 2.00 bits per heavy atom. The highest BCUT2D eigenvalue weighted by molar-refractivity contribution is 4.58. The summed E-state index contributed by atoms with van der Waals surface area (Å²) in [7, 11) is 0. The molecule has 0 spiro atoms. The average Bonchev–Trinajstić information content (AvgIpc) is 2.10. The molecular formula is C11H25NO. The molecule has 0 aromatic carbocycles. The molecule has 1 unspecified atom stereocenters. The van der Waals surface area contributed by atoms with E-state index in [9.17, 15) is 0 Å². The highest BCUT2D eigenvalue weighted by Crippen LogP contribution is 2.10. The topological polar surface area (TPSA) is 46.2 Å². The third-order valence-corrected chi connectivity index (χ3v) is 2.34. The maximum Gasteiger partial charge on any atom is 0.0582 e. The summed E-state index contributed by atoms with van der Waals surface area (Å²) >= 11 is 0. The van der Waals surface area contributed by atoms with Gasteiger partial charge in [0, 0.05) is 6.04 Å². The van der Waals surface area contributed by atoms with Crippen LogP contribution in [0.15, 0.2) is 0 Å². The maximum absolute atomic E-state index is 8.69. The van der Waals surface area contributed by atoms with E-state index in [2.05, 4.69) is 13.8 Å². The number of hydrogen-bond donors (Lipinski definition) is 2. The fourth-order valence-corrected chi connectivity index (χ4v) is 1.40. The van der Waals surface area contributed by atoms with Crippen LogP contribution in [0.5, 0.6) is 0 Å². The Bertz CT molecular complexity index is 104. The number of unbranched alkanes of at least 4 members (excludes halogenated alkanes) is 3. The summed E-state index contributed by atoms with van der Waals surface area (Å²) in [6.45, 7) is 4.66. The van der Waals surface area contributed by atoms with E-state index in [0.717, 1.165) is 12.3 Å². The molecule has 3 N–H and O–H groups in total. The Kier molecular flexibility index (Phi) is 8.46. The van der Waals surface area contributed by atoms with Crippen LogP contribution >= 0.6 is 0 Å². The van der Waals surface area contributed by atoms with Crippen molar-refractivity contribution in [2.24, 2.45) is 11.7 Å². The zero-order chi connectivity index (χ0) is 10.1. The van der Waals surface area contributed by atoms with Gasteiger partial charge in [-0.3, -0.25) is 0 Å². The van der Waals surface area contributed by atoms with Gasteiger partial charge in [-0.05, 0) is 12.3 Å². The minimum atomic E-state index is 0.00472. The molecule has 0 amide bonds. The molecule has 0 saturated carbocycles. The highest BCUT2D eigenvalue weighted by Gasteiger charge is 1.99. The third kappa shape index (κ3) is 9.84. The number of aliphatic hydroxyl groups excluding tert-OH is 1. The monoisotopic (exact) mass is 187 g/mol. The van der Waals surface area contributed by atoms with Gasteiger partial charge in [0.25, 0.3) is 0 Å². The minimum absolute atomic E-state index is 0.00472. The van der Waals surface area contributed by atoms with Crippen LogP contribution in [0.2, 0.25) is 0 Å². The van der Waals surface area contributed by atoms with Crippen LogP contribution < -0.4 is 5.73 Å². The van der Waals surface area contributed by atoms with E-state index < -0.39 is 0 Å². The molecule has 0 aromatic heterocycles. The van der Waals surface area contributed by atoms with Crippen molar-refractivity contribution in [2.75, 3.05) is 6.61 Å². The maximum atomic E-state index is 8.69. The lowest BCUT2D eigenvalue weighted by atomic mass is 10.0. The van der Waals surface area contributed by atoms with Crippen molar-refractivity contribution >= 4 is 0 Å². The van der Waals surface area contributed by atoms with Crippen LogP contribution in [0.25, 0.3) is 0 Å². The van der Waals surface area contributed by atoms with Crippen LogP contribution in [0.3, 0.4) is 0 Å². The molecule has 1 atom stereocenters. The van der Waals surface area contributed by atoms with Gasteiger partial charge >= 0.3 is 0 Å². The van der Waals surface area contributed by atoms with Gasteiger partial charge in [-0.25, -0.2) is 0 Å². The summed E-state index contributed by atoms with van der Waals surface area (Å²) < 4.78 is 0. The number of rotatable bonds is 8. The molecule has 0 radical (unpaired) electrons. The fourth-order valence-electron chi connectivity index (χ4n) is 1.40. The van der Waals surface area contributed by atoms with Crippen molar-refractivity contribution in [1.29, 1.82) is 0 Å². The minimum Gasteiger partial charge on any atom is -0.395 e. The molecule has 2 nitrogen and oxygen atoms in total. The second-order valence-corrected chi connectivity index (χ2v) is 4.33. The normalized spacial score (nSPS) is 13.6. The van der Waals surface area contributed by atoms with E-state index in [1.54, 1.807) is 0 Å². The van der Waals surface area contributed by atoms with E-state index in [1.807, 2.05) is 0 Å². The lowest BCUT2D eigenvalue weighted by Crippen LogP contribution is -2.23. The number of hydrogen-bond acceptors (Lipinski definition) is 2. The first kappa shape index (κ1) is 12.9. The molecule has 13 heavy (non-hydrogen) atoms. The van der Waals surface area contributed by atoms with Gasteiger partial charge in [-0.15, -0.1) is 0 Å². The summed E-state index contributed by atoms with van der Waals surface area (Å²) in [5.74, 6) is 0.833. The van der Waals surface area contributed by atoms with E-state index in [-0.39, 0.29) is 12.6 Å². The second kappa shape index (κ2) is 8.52. The van der Waals surface area contributed by atoms with Crippen LogP contribution in [-0.4, -0.2) is 17.8 Å².